The first-order valence-electron chi connectivity index (χ1n) is 5.84. The van der Waals surface area contributed by atoms with Crippen LogP contribution in [0.5, 0.6) is 0 Å². The summed E-state index contributed by atoms with van der Waals surface area (Å²) < 4.78 is 0. The first kappa shape index (κ1) is 13.2. The van der Waals surface area contributed by atoms with Crippen molar-refractivity contribution in [2.24, 2.45) is 0 Å². The third kappa shape index (κ3) is 5.70. The second kappa shape index (κ2) is 7.44. The van der Waals surface area contributed by atoms with Crippen molar-refractivity contribution >= 4 is 17.5 Å². The highest BCUT2D eigenvalue weighted by molar-refractivity contribution is 6.03. The summed E-state index contributed by atoms with van der Waals surface area (Å²) in [6.07, 6.45) is 1.83. The second-order valence-electron chi connectivity index (χ2n) is 3.79. The molecular weight excluding hydrogens is 216 g/mol. The molecule has 4 heteroatoms. The van der Waals surface area contributed by atoms with Gasteiger partial charge in [-0.05, 0) is 18.6 Å². The number of anilines is 1. The number of amides is 2. The monoisotopic (exact) mass is 234 g/mol. The van der Waals surface area contributed by atoms with Gasteiger partial charge in [0.25, 0.3) is 0 Å². The third-order valence-corrected chi connectivity index (χ3v) is 2.23. The number of hydrogen-bond donors (Lipinski definition) is 2. The van der Waals surface area contributed by atoms with Gasteiger partial charge in [-0.1, -0.05) is 31.5 Å². The molecule has 1 aromatic rings. The van der Waals surface area contributed by atoms with Crippen molar-refractivity contribution < 1.29 is 9.59 Å². The lowest BCUT2D eigenvalue weighted by Crippen LogP contribution is -2.28. The molecule has 0 atom stereocenters. The van der Waals surface area contributed by atoms with E-state index < -0.39 is 0 Å². The number of nitrogens with one attached hydrogen (secondary N) is 2. The molecule has 0 aromatic heterocycles. The van der Waals surface area contributed by atoms with Crippen LogP contribution < -0.4 is 10.6 Å². The van der Waals surface area contributed by atoms with E-state index in [0.717, 1.165) is 12.8 Å². The molecule has 0 heterocycles. The molecule has 0 aliphatic carbocycles. The molecule has 4 nitrogen and oxygen atoms in total. The van der Waals surface area contributed by atoms with Crippen molar-refractivity contribution in [3.05, 3.63) is 30.3 Å². The van der Waals surface area contributed by atoms with Gasteiger partial charge in [0, 0.05) is 12.2 Å². The molecule has 1 rings (SSSR count). The Morgan fingerprint density at radius 2 is 1.82 bits per heavy atom. The Balaban J connectivity index is 2.27. The molecule has 0 aliphatic heterocycles. The lowest BCUT2D eigenvalue weighted by atomic mass is 10.3. The van der Waals surface area contributed by atoms with Crippen molar-refractivity contribution in [3.8, 4) is 0 Å². The molecule has 92 valence electrons. The van der Waals surface area contributed by atoms with E-state index in [-0.39, 0.29) is 18.2 Å². The number of benzene rings is 1. The molecule has 0 aliphatic rings. The zero-order valence-corrected chi connectivity index (χ0v) is 10.0. The summed E-state index contributed by atoms with van der Waals surface area (Å²) in [5, 5.41) is 5.36. The van der Waals surface area contributed by atoms with Gasteiger partial charge in [0.05, 0.1) is 0 Å². The van der Waals surface area contributed by atoms with Gasteiger partial charge in [-0.3, -0.25) is 9.59 Å². The summed E-state index contributed by atoms with van der Waals surface area (Å²) in [6, 6.07) is 9.10. The number of rotatable bonds is 6. The maximum Gasteiger partial charge on any atom is 0.233 e. The Hall–Kier alpha value is -1.84. The minimum Gasteiger partial charge on any atom is -0.356 e. The topological polar surface area (TPSA) is 58.2 Å². The molecule has 0 bridgehead atoms. The zero-order valence-electron chi connectivity index (χ0n) is 10.0. The smallest absolute Gasteiger partial charge is 0.233 e. The van der Waals surface area contributed by atoms with Crippen molar-refractivity contribution in [2.75, 3.05) is 11.9 Å². The standard InChI is InChI=1S/C13H18N2O2/c1-2-3-9-14-12(16)10-13(17)15-11-7-5-4-6-8-11/h4-8H,2-3,9-10H2,1H3,(H,14,16)(H,15,17). The average Bonchev–Trinajstić information content (AvgIpc) is 2.30. The first-order valence-corrected chi connectivity index (χ1v) is 5.84. The summed E-state index contributed by atoms with van der Waals surface area (Å²) >= 11 is 0. The van der Waals surface area contributed by atoms with E-state index in [9.17, 15) is 9.59 Å². The van der Waals surface area contributed by atoms with Crippen LogP contribution in [0.4, 0.5) is 5.69 Å². The summed E-state index contributed by atoms with van der Waals surface area (Å²) in [5.74, 6) is -0.517. The van der Waals surface area contributed by atoms with Crippen LogP contribution in [-0.4, -0.2) is 18.4 Å². The predicted octanol–water partition coefficient (Wildman–Crippen LogP) is 1.93. The Morgan fingerprint density at radius 1 is 1.12 bits per heavy atom. The fraction of sp³-hybridized carbons (Fsp3) is 0.385. The summed E-state index contributed by atoms with van der Waals surface area (Å²) in [4.78, 5) is 22.8. The van der Waals surface area contributed by atoms with Crippen molar-refractivity contribution in [2.45, 2.75) is 26.2 Å². The van der Waals surface area contributed by atoms with E-state index in [1.807, 2.05) is 25.1 Å². The van der Waals surface area contributed by atoms with E-state index in [1.165, 1.54) is 0 Å². The number of carbonyl (C=O) groups is 2. The third-order valence-electron chi connectivity index (χ3n) is 2.23. The van der Waals surface area contributed by atoms with Gasteiger partial charge in [0.2, 0.25) is 11.8 Å². The molecule has 1 aromatic carbocycles. The number of carbonyl (C=O) groups excluding carboxylic acids is 2. The number of hydrogen-bond acceptors (Lipinski definition) is 2. The minimum absolute atomic E-state index is 0.126. The Bertz CT molecular complexity index is 363. The Kier molecular flexibility index (Phi) is 5.79. The van der Waals surface area contributed by atoms with Gasteiger partial charge in [-0.15, -0.1) is 0 Å². The Morgan fingerprint density at radius 3 is 2.47 bits per heavy atom. The van der Waals surface area contributed by atoms with Crippen LogP contribution >= 0.6 is 0 Å². The Labute approximate surface area is 101 Å². The molecule has 2 N–H and O–H groups in total. The van der Waals surface area contributed by atoms with Crippen LogP contribution in [0.25, 0.3) is 0 Å². The lowest BCUT2D eigenvalue weighted by Gasteiger charge is -2.05. The SMILES string of the molecule is CCCCNC(=O)CC(=O)Nc1ccccc1. The first-order chi connectivity index (χ1) is 8.22. The fourth-order valence-electron chi connectivity index (χ4n) is 1.34. The van der Waals surface area contributed by atoms with Gasteiger partial charge in [-0.2, -0.15) is 0 Å². The van der Waals surface area contributed by atoms with E-state index in [2.05, 4.69) is 10.6 Å². The minimum atomic E-state index is -0.287. The van der Waals surface area contributed by atoms with Crippen molar-refractivity contribution in [1.29, 1.82) is 0 Å². The zero-order chi connectivity index (χ0) is 12.5. The van der Waals surface area contributed by atoms with Gasteiger partial charge < -0.3 is 10.6 Å². The van der Waals surface area contributed by atoms with E-state index in [1.54, 1.807) is 12.1 Å². The number of unbranched alkanes of at least 4 members (excludes halogenated alkanes) is 1. The summed E-state index contributed by atoms with van der Waals surface area (Å²) in [5.41, 5.74) is 0.707. The second-order valence-corrected chi connectivity index (χ2v) is 3.79. The fourth-order valence-corrected chi connectivity index (χ4v) is 1.34. The molecule has 0 radical (unpaired) electrons. The van der Waals surface area contributed by atoms with Crippen LogP contribution in [-0.2, 0) is 9.59 Å². The lowest BCUT2D eigenvalue weighted by molar-refractivity contribution is -0.126. The van der Waals surface area contributed by atoms with Crippen LogP contribution in [0, 0.1) is 0 Å². The summed E-state index contributed by atoms with van der Waals surface area (Å²) in [6.45, 7) is 2.68. The quantitative estimate of drug-likeness (QED) is 0.583. The molecule has 17 heavy (non-hydrogen) atoms. The van der Waals surface area contributed by atoms with E-state index in [4.69, 9.17) is 0 Å². The van der Waals surface area contributed by atoms with Crippen LogP contribution in [0.1, 0.15) is 26.2 Å². The molecule has 0 saturated heterocycles. The highest BCUT2D eigenvalue weighted by atomic mass is 16.2. The van der Waals surface area contributed by atoms with Crippen LogP contribution in [0.15, 0.2) is 30.3 Å². The van der Waals surface area contributed by atoms with Crippen molar-refractivity contribution in [3.63, 3.8) is 0 Å². The molecular formula is C13H18N2O2. The van der Waals surface area contributed by atoms with Crippen LogP contribution in [0.2, 0.25) is 0 Å². The van der Waals surface area contributed by atoms with Crippen molar-refractivity contribution in [1.82, 2.24) is 5.32 Å². The highest BCUT2D eigenvalue weighted by Gasteiger charge is 2.08. The van der Waals surface area contributed by atoms with Gasteiger partial charge >= 0.3 is 0 Å². The maximum absolute atomic E-state index is 11.5. The average molecular weight is 234 g/mol. The molecule has 0 spiro atoms. The summed E-state index contributed by atoms with van der Waals surface area (Å²) in [7, 11) is 0. The molecule has 2 amide bonds. The molecule has 0 saturated carbocycles. The van der Waals surface area contributed by atoms with E-state index >= 15 is 0 Å². The predicted molar refractivity (Wildman–Crippen MR) is 67.6 cm³/mol. The van der Waals surface area contributed by atoms with Crippen LogP contribution in [0.3, 0.4) is 0 Å². The maximum atomic E-state index is 11.5. The number of para-hydroxylation sites is 1. The highest BCUT2D eigenvalue weighted by Crippen LogP contribution is 2.05. The van der Waals surface area contributed by atoms with Gasteiger partial charge in [-0.25, -0.2) is 0 Å². The largest absolute Gasteiger partial charge is 0.356 e. The normalized spacial score (nSPS) is 9.71. The van der Waals surface area contributed by atoms with E-state index in [0.29, 0.717) is 12.2 Å². The van der Waals surface area contributed by atoms with Gasteiger partial charge in [0.1, 0.15) is 6.42 Å². The molecule has 0 fully saturated rings. The van der Waals surface area contributed by atoms with Gasteiger partial charge in [0.15, 0.2) is 0 Å². The molecule has 0 unspecified atom stereocenters.